The van der Waals surface area contributed by atoms with Gasteiger partial charge >= 0.3 is 6.61 Å². The normalized spacial score (nSPS) is 18.5. The number of nitrogens with one attached hydrogen (secondary N) is 1. The van der Waals surface area contributed by atoms with Gasteiger partial charge in [0, 0.05) is 13.6 Å². The highest BCUT2D eigenvalue weighted by Crippen LogP contribution is 2.39. The van der Waals surface area contributed by atoms with E-state index in [-0.39, 0.29) is 5.75 Å². The van der Waals surface area contributed by atoms with Crippen LogP contribution in [-0.4, -0.2) is 31.1 Å². The molecule has 0 radical (unpaired) electrons. The van der Waals surface area contributed by atoms with Crippen molar-refractivity contribution in [1.29, 1.82) is 0 Å². The minimum atomic E-state index is -2.86. The smallest absolute Gasteiger partial charge is 0.387 e. The minimum absolute atomic E-state index is 0.105. The van der Waals surface area contributed by atoms with Crippen LogP contribution in [0.4, 0.5) is 8.78 Å². The Bertz CT molecular complexity index is 1040. The van der Waals surface area contributed by atoms with E-state index in [1.165, 1.54) is 12.1 Å². The number of aliphatic imine (C=N–C) groups is 1. The second kappa shape index (κ2) is 8.77. The fourth-order valence-electron chi connectivity index (χ4n) is 3.81. The first-order valence-electron chi connectivity index (χ1n) is 9.90. The number of nitrogens with zero attached hydrogens (tertiary/aromatic N) is 2. The van der Waals surface area contributed by atoms with Gasteiger partial charge in [0.25, 0.3) is 0 Å². The van der Waals surface area contributed by atoms with E-state index < -0.39 is 12.2 Å². The average Bonchev–Trinajstić information content (AvgIpc) is 3.37. The number of halogens is 2. The van der Waals surface area contributed by atoms with Gasteiger partial charge < -0.3 is 25.1 Å². The van der Waals surface area contributed by atoms with Crippen LogP contribution in [-0.2, 0) is 18.6 Å². The molecule has 0 aliphatic carbocycles. The summed E-state index contributed by atoms with van der Waals surface area (Å²) < 4.78 is 34.9. The summed E-state index contributed by atoms with van der Waals surface area (Å²) in [6, 6.07) is 18.5. The van der Waals surface area contributed by atoms with Crippen molar-refractivity contribution in [3.05, 3.63) is 89.4 Å². The fraction of sp³-hybridized carbons (Fsp3) is 0.261. The van der Waals surface area contributed by atoms with E-state index in [1.54, 1.807) is 18.4 Å². The summed E-state index contributed by atoms with van der Waals surface area (Å²) in [4.78, 5) is 6.67. The van der Waals surface area contributed by atoms with E-state index >= 15 is 0 Å². The summed E-state index contributed by atoms with van der Waals surface area (Å²) in [7, 11) is 1.88. The zero-order chi connectivity index (χ0) is 21.8. The van der Waals surface area contributed by atoms with E-state index in [0.717, 1.165) is 22.5 Å². The summed E-state index contributed by atoms with van der Waals surface area (Å²) in [6.45, 7) is -1.05. The van der Waals surface area contributed by atoms with E-state index in [4.69, 9.17) is 15.1 Å². The van der Waals surface area contributed by atoms with E-state index in [1.807, 2.05) is 42.3 Å². The Hall–Kier alpha value is -3.39. The number of benzene rings is 2. The molecule has 0 saturated heterocycles. The second-order valence-corrected chi connectivity index (χ2v) is 7.47. The maximum Gasteiger partial charge on any atom is 0.387 e. The van der Waals surface area contributed by atoms with Gasteiger partial charge in [0.1, 0.15) is 17.0 Å². The van der Waals surface area contributed by atoms with Gasteiger partial charge in [-0.15, -0.1) is 0 Å². The topological polar surface area (TPSA) is 76.0 Å². The zero-order valence-electron chi connectivity index (χ0n) is 17.1. The quantitative estimate of drug-likeness (QED) is 0.575. The Morgan fingerprint density at radius 2 is 1.94 bits per heavy atom. The van der Waals surface area contributed by atoms with Gasteiger partial charge in [-0.2, -0.15) is 8.78 Å². The lowest BCUT2D eigenvalue weighted by molar-refractivity contribution is -0.0498. The monoisotopic (exact) mass is 426 g/mol. The molecule has 0 spiro atoms. The Kier molecular flexibility index (Phi) is 5.90. The highest BCUT2D eigenvalue weighted by atomic mass is 19.3. The molecule has 0 saturated carbocycles. The molecule has 8 heteroatoms. The van der Waals surface area contributed by atoms with Crippen LogP contribution in [0.1, 0.15) is 22.5 Å². The van der Waals surface area contributed by atoms with Crippen molar-refractivity contribution >= 4 is 5.96 Å². The van der Waals surface area contributed by atoms with Crippen LogP contribution < -0.4 is 15.8 Å². The number of guanidine groups is 1. The highest BCUT2D eigenvalue weighted by molar-refractivity contribution is 5.81. The molecule has 4 rings (SSSR count). The third kappa shape index (κ3) is 4.54. The molecular formula is C23H24F2N4O2. The van der Waals surface area contributed by atoms with Crippen molar-refractivity contribution in [1.82, 2.24) is 10.2 Å². The van der Waals surface area contributed by atoms with Crippen molar-refractivity contribution in [2.75, 3.05) is 13.6 Å². The van der Waals surface area contributed by atoms with Gasteiger partial charge in [-0.25, -0.2) is 4.99 Å². The molecule has 3 aromatic rings. The van der Waals surface area contributed by atoms with Crippen molar-refractivity contribution < 1.29 is 17.9 Å². The van der Waals surface area contributed by atoms with Crippen LogP contribution in [0.25, 0.3) is 0 Å². The van der Waals surface area contributed by atoms with Gasteiger partial charge in [0.15, 0.2) is 5.96 Å². The number of hydrogen-bond donors (Lipinski definition) is 2. The standard InChI is InChI=1S/C23H24F2N4O2/c1-29-15-23(28-22(29)26,17-7-9-19(10-8-17)31-21(24)25)18-5-2-4-16(12-18)13-27-14-20-6-3-11-30-20/h2-12,21,27H,13-15H2,1H3,(H2,26,28). The molecule has 1 unspecified atom stereocenters. The molecule has 1 aliphatic heterocycles. The summed E-state index contributed by atoms with van der Waals surface area (Å²) in [5.41, 5.74) is 8.30. The van der Waals surface area contributed by atoms with Crippen LogP contribution in [0.3, 0.4) is 0 Å². The SMILES string of the molecule is CN1CC(c2ccc(OC(F)F)cc2)(c2cccc(CNCc3ccco3)c2)N=C1N. The lowest BCUT2D eigenvalue weighted by Gasteiger charge is -2.28. The summed E-state index contributed by atoms with van der Waals surface area (Å²) in [5.74, 6) is 1.40. The molecule has 1 aromatic heterocycles. The summed E-state index contributed by atoms with van der Waals surface area (Å²) in [6.07, 6.45) is 1.65. The number of hydrogen-bond acceptors (Lipinski definition) is 6. The van der Waals surface area contributed by atoms with Crippen LogP contribution in [0, 0.1) is 0 Å². The molecule has 3 N–H and O–H groups in total. The highest BCUT2D eigenvalue weighted by Gasteiger charge is 2.40. The molecule has 0 fully saturated rings. The molecule has 31 heavy (non-hydrogen) atoms. The van der Waals surface area contributed by atoms with E-state index in [2.05, 4.69) is 16.1 Å². The Balaban J connectivity index is 1.61. The third-order valence-corrected chi connectivity index (χ3v) is 5.33. The van der Waals surface area contributed by atoms with Crippen LogP contribution in [0.5, 0.6) is 5.75 Å². The number of likely N-dealkylation sites (N-methyl/N-ethyl adjacent to an activating group) is 1. The molecule has 0 amide bonds. The molecule has 1 atom stereocenters. The molecule has 0 bridgehead atoms. The number of rotatable bonds is 8. The van der Waals surface area contributed by atoms with Crippen LogP contribution >= 0.6 is 0 Å². The average molecular weight is 426 g/mol. The molecule has 6 nitrogen and oxygen atoms in total. The molecular weight excluding hydrogens is 402 g/mol. The maximum absolute atomic E-state index is 12.5. The first kappa shape index (κ1) is 20.9. The Labute approximate surface area is 179 Å². The largest absolute Gasteiger partial charge is 0.468 e. The minimum Gasteiger partial charge on any atom is -0.468 e. The first-order chi connectivity index (χ1) is 15.0. The lowest BCUT2D eigenvalue weighted by Crippen LogP contribution is -2.35. The van der Waals surface area contributed by atoms with Crippen LogP contribution in [0.15, 0.2) is 76.3 Å². The fourth-order valence-corrected chi connectivity index (χ4v) is 3.81. The zero-order valence-corrected chi connectivity index (χ0v) is 17.1. The van der Waals surface area contributed by atoms with Crippen molar-refractivity contribution in [3.8, 4) is 5.75 Å². The lowest BCUT2D eigenvalue weighted by atomic mass is 9.83. The van der Waals surface area contributed by atoms with Crippen LogP contribution in [0.2, 0.25) is 0 Å². The molecule has 162 valence electrons. The Morgan fingerprint density at radius 3 is 2.58 bits per heavy atom. The van der Waals surface area contributed by atoms with E-state index in [0.29, 0.717) is 25.6 Å². The second-order valence-electron chi connectivity index (χ2n) is 7.47. The predicted octanol–water partition coefficient (Wildman–Crippen LogP) is 3.67. The van der Waals surface area contributed by atoms with Gasteiger partial charge in [-0.05, 0) is 41.0 Å². The molecule has 2 heterocycles. The van der Waals surface area contributed by atoms with Gasteiger partial charge in [0.2, 0.25) is 0 Å². The molecule has 2 aromatic carbocycles. The predicted molar refractivity (Wildman–Crippen MR) is 114 cm³/mol. The number of alkyl halides is 2. The number of nitrogens with two attached hydrogens (primary N) is 1. The van der Waals surface area contributed by atoms with Crippen molar-refractivity contribution in [3.63, 3.8) is 0 Å². The molecule has 1 aliphatic rings. The van der Waals surface area contributed by atoms with Gasteiger partial charge in [0.05, 0.1) is 19.4 Å². The first-order valence-corrected chi connectivity index (χ1v) is 9.90. The maximum atomic E-state index is 12.5. The van der Waals surface area contributed by atoms with Gasteiger partial charge in [-0.1, -0.05) is 36.4 Å². The van der Waals surface area contributed by atoms with Gasteiger partial charge in [-0.3, -0.25) is 0 Å². The summed E-state index contributed by atoms with van der Waals surface area (Å²) >= 11 is 0. The number of furan rings is 1. The van der Waals surface area contributed by atoms with Crippen molar-refractivity contribution in [2.45, 2.75) is 25.2 Å². The van der Waals surface area contributed by atoms with Crippen molar-refractivity contribution in [2.24, 2.45) is 10.7 Å². The Morgan fingerprint density at radius 1 is 1.13 bits per heavy atom. The summed E-state index contributed by atoms with van der Waals surface area (Å²) in [5, 5.41) is 3.37. The third-order valence-electron chi connectivity index (χ3n) is 5.33. The number of ether oxygens (including phenoxy) is 1. The van der Waals surface area contributed by atoms with E-state index in [9.17, 15) is 8.78 Å².